The predicted molar refractivity (Wildman–Crippen MR) is 57.7 cm³/mol. The van der Waals surface area contributed by atoms with Crippen LogP contribution < -0.4 is 5.32 Å². The van der Waals surface area contributed by atoms with Gasteiger partial charge >= 0.3 is 0 Å². The molecule has 16 heavy (non-hydrogen) atoms. The van der Waals surface area contributed by atoms with E-state index in [0.29, 0.717) is 11.3 Å². The number of pyridine rings is 1. The van der Waals surface area contributed by atoms with Gasteiger partial charge in [-0.05, 0) is 24.3 Å². The lowest BCUT2D eigenvalue weighted by Crippen LogP contribution is -2.14. The molecular formula is C11H8N4O. The van der Waals surface area contributed by atoms with Gasteiger partial charge in [0.05, 0.1) is 5.56 Å². The molecule has 0 fully saturated rings. The van der Waals surface area contributed by atoms with Crippen LogP contribution in [0.15, 0.2) is 36.7 Å². The van der Waals surface area contributed by atoms with Crippen LogP contribution in [0.1, 0.15) is 16.1 Å². The zero-order chi connectivity index (χ0) is 11.4. The number of nitriles is 1. The maximum absolute atomic E-state index is 11.7. The lowest BCUT2D eigenvalue weighted by Gasteiger charge is -2.03. The number of aromatic nitrogens is 2. The monoisotopic (exact) mass is 212 g/mol. The Kier molecular flexibility index (Phi) is 2.65. The second-order valence-electron chi connectivity index (χ2n) is 3.05. The molecule has 78 valence electrons. The van der Waals surface area contributed by atoms with Crippen LogP contribution in [0.4, 0.5) is 5.82 Å². The van der Waals surface area contributed by atoms with Crippen LogP contribution in [0.3, 0.4) is 0 Å². The fraction of sp³-hybridized carbons (Fsp3) is 0. The molecule has 2 rings (SSSR count). The van der Waals surface area contributed by atoms with E-state index in [-0.39, 0.29) is 11.7 Å². The number of carbonyl (C=O) groups excluding carboxylic acids is 1. The Hall–Kier alpha value is -2.61. The first-order chi connectivity index (χ1) is 7.81. The quantitative estimate of drug-likeness (QED) is 0.792. The highest BCUT2D eigenvalue weighted by molar-refractivity contribution is 6.02. The van der Waals surface area contributed by atoms with Crippen LogP contribution in [0, 0.1) is 11.3 Å². The number of aromatic amines is 1. The number of H-pyrrole nitrogens is 1. The van der Waals surface area contributed by atoms with Crippen molar-refractivity contribution in [1.82, 2.24) is 9.97 Å². The third-order valence-electron chi connectivity index (χ3n) is 2.00. The normalized spacial score (nSPS) is 9.44. The molecule has 0 unspecified atom stereocenters. The van der Waals surface area contributed by atoms with E-state index in [0.717, 1.165) is 0 Å². The minimum Gasteiger partial charge on any atom is -0.357 e. The van der Waals surface area contributed by atoms with Crippen molar-refractivity contribution >= 4 is 11.7 Å². The third-order valence-corrected chi connectivity index (χ3v) is 2.00. The standard InChI is InChI=1S/C11H8N4O/c12-7-8-3-1-6-14-10(8)15-11(16)9-4-2-5-13-9/h1-6,13H,(H,14,15,16). The van der Waals surface area contributed by atoms with E-state index < -0.39 is 0 Å². The molecule has 0 radical (unpaired) electrons. The van der Waals surface area contributed by atoms with Gasteiger partial charge in [-0.25, -0.2) is 4.98 Å². The van der Waals surface area contributed by atoms with Crippen LogP contribution in [-0.2, 0) is 0 Å². The van der Waals surface area contributed by atoms with Gasteiger partial charge in [0.1, 0.15) is 11.8 Å². The van der Waals surface area contributed by atoms with Crippen LogP contribution in [-0.4, -0.2) is 15.9 Å². The summed E-state index contributed by atoms with van der Waals surface area (Å²) in [5.41, 5.74) is 0.761. The second-order valence-corrected chi connectivity index (χ2v) is 3.05. The van der Waals surface area contributed by atoms with Gasteiger partial charge in [0.15, 0.2) is 5.82 Å². The summed E-state index contributed by atoms with van der Waals surface area (Å²) in [6.07, 6.45) is 3.17. The van der Waals surface area contributed by atoms with E-state index in [2.05, 4.69) is 15.3 Å². The number of carbonyl (C=O) groups is 1. The Morgan fingerprint density at radius 3 is 3.00 bits per heavy atom. The number of rotatable bonds is 2. The van der Waals surface area contributed by atoms with Crippen molar-refractivity contribution in [3.05, 3.63) is 47.9 Å². The van der Waals surface area contributed by atoms with E-state index in [1.165, 1.54) is 6.20 Å². The lowest BCUT2D eigenvalue weighted by molar-refractivity contribution is 0.102. The number of nitrogens with one attached hydrogen (secondary N) is 2. The zero-order valence-electron chi connectivity index (χ0n) is 8.27. The molecule has 1 amide bonds. The van der Waals surface area contributed by atoms with Crippen molar-refractivity contribution in [2.45, 2.75) is 0 Å². The van der Waals surface area contributed by atoms with E-state index in [1.807, 2.05) is 6.07 Å². The van der Waals surface area contributed by atoms with Gasteiger partial charge < -0.3 is 10.3 Å². The van der Waals surface area contributed by atoms with Crippen molar-refractivity contribution in [1.29, 1.82) is 5.26 Å². The second kappa shape index (κ2) is 4.28. The predicted octanol–water partition coefficient (Wildman–Crippen LogP) is 1.53. The molecule has 0 spiro atoms. The van der Waals surface area contributed by atoms with Gasteiger partial charge in [0.2, 0.25) is 0 Å². The van der Waals surface area contributed by atoms with Crippen molar-refractivity contribution in [2.75, 3.05) is 5.32 Å². The van der Waals surface area contributed by atoms with Crippen LogP contribution >= 0.6 is 0 Å². The maximum Gasteiger partial charge on any atom is 0.273 e. The molecule has 2 N–H and O–H groups in total. The molecule has 0 saturated carbocycles. The van der Waals surface area contributed by atoms with Gasteiger partial charge in [-0.3, -0.25) is 4.79 Å². The fourth-order valence-electron chi connectivity index (χ4n) is 1.24. The van der Waals surface area contributed by atoms with Gasteiger partial charge in [-0.1, -0.05) is 0 Å². The van der Waals surface area contributed by atoms with Crippen molar-refractivity contribution < 1.29 is 4.79 Å². The highest BCUT2D eigenvalue weighted by Gasteiger charge is 2.09. The summed E-state index contributed by atoms with van der Waals surface area (Å²) in [4.78, 5) is 18.4. The molecule has 0 aliphatic heterocycles. The van der Waals surface area contributed by atoms with Crippen LogP contribution in [0.5, 0.6) is 0 Å². The van der Waals surface area contributed by atoms with Gasteiger partial charge in [0.25, 0.3) is 5.91 Å². The Labute approximate surface area is 91.8 Å². The SMILES string of the molecule is N#Cc1cccnc1NC(=O)c1ccc[nH]1. The summed E-state index contributed by atoms with van der Waals surface area (Å²) in [7, 11) is 0. The Bertz CT molecular complexity index is 539. The first kappa shape index (κ1) is 9.93. The minimum absolute atomic E-state index is 0.268. The number of hydrogen-bond acceptors (Lipinski definition) is 3. The number of hydrogen-bond donors (Lipinski definition) is 2. The largest absolute Gasteiger partial charge is 0.357 e. The number of amides is 1. The first-order valence-corrected chi connectivity index (χ1v) is 4.61. The first-order valence-electron chi connectivity index (χ1n) is 4.61. The fourth-order valence-corrected chi connectivity index (χ4v) is 1.24. The highest BCUT2D eigenvalue weighted by Crippen LogP contribution is 2.10. The van der Waals surface area contributed by atoms with E-state index in [1.54, 1.807) is 30.5 Å². The molecule has 0 saturated heterocycles. The van der Waals surface area contributed by atoms with Gasteiger partial charge in [-0.15, -0.1) is 0 Å². The maximum atomic E-state index is 11.7. The van der Waals surface area contributed by atoms with Crippen molar-refractivity contribution in [3.63, 3.8) is 0 Å². The summed E-state index contributed by atoms with van der Waals surface area (Å²) in [5, 5.41) is 11.4. The average molecular weight is 212 g/mol. The average Bonchev–Trinajstić information content (AvgIpc) is 2.83. The Morgan fingerprint density at radius 2 is 2.31 bits per heavy atom. The van der Waals surface area contributed by atoms with E-state index in [4.69, 9.17) is 5.26 Å². The minimum atomic E-state index is -0.319. The summed E-state index contributed by atoms with van der Waals surface area (Å²) < 4.78 is 0. The lowest BCUT2D eigenvalue weighted by atomic mass is 10.3. The zero-order valence-corrected chi connectivity index (χ0v) is 8.27. The van der Waals surface area contributed by atoms with E-state index >= 15 is 0 Å². The molecule has 0 aliphatic carbocycles. The molecular weight excluding hydrogens is 204 g/mol. The Morgan fingerprint density at radius 1 is 1.44 bits per heavy atom. The molecule has 2 aromatic rings. The Balaban J connectivity index is 2.22. The van der Waals surface area contributed by atoms with E-state index in [9.17, 15) is 4.79 Å². The molecule has 0 atom stereocenters. The summed E-state index contributed by atoms with van der Waals surface area (Å²) >= 11 is 0. The molecule has 2 aromatic heterocycles. The molecule has 0 bridgehead atoms. The molecule has 5 heteroatoms. The number of anilines is 1. The summed E-state index contributed by atoms with van der Waals surface area (Å²) in [6, 6.07) is 8.56. The van der Waals surface area contributed by atoms with Crippen LogP contribution in [0.25, 0.3) is 0 Å². The van der Waals surface area contributed by atoms with Crippen molar-refractivity contribution in [3.8, 4) is 6.07 Å². The molecule has 2 heterocycles. The van der Waals surface area contributed by atoms with Gasteiger partial charge in [-0.2, -0.15) is 5.26 Å². The van der Waals surface area contributed by atoms with Crippen molar-refractivity contribution in [2.24, 2.45) is 0 Å². The molecule has 0 aliphatic rings. The molecule has 0 aromatic carbocycles. The third kappa shape index (κ3) is 1.91. The molecule has 5 nitrogen and oxygen atoms in total. The smallest absolute Gasteiger partial charge is 0.273 e. The van der Waals surface area contributed by atoms with Gasteiger partial charge in [0, 0.05) is 12.4 Å². The topological polar surface area (TPSA) is 81.6 Å². The van der Waals surface area contributed by atoms with Crippen LogP contribution in [0.2, 0.25) is 0 Å². The summed E-state index contributed by atoms with van der Waals surface area (Å²) in [6.45, 7) is 0. The number of nitrogens with zero attached hydrogens (tertiary/aromatic N) is 2. The summed E-state index contributed by atoms with van der Waals surface area (Å²) in [5.74, 6) is -0.0511. The highest BCUT2D eigenvalue weighted by atomic mass is 16.1.